The van der Waals surface area contributed by atoms with Crippen LogP contribution in [-0.2, 0) is 6.54 Å². The zero-order valence-electron chi connectivity index (χ0n) is 11.2. The summed E-state index contributed by atoms with van der Waals surface area (Å²) in [5.74, 6) is 0.546. The van der Waals surface area contributed by atoms with E-state index in [1.807, 2.05) is 6.92 Å². The molecule has 0 unspecified atom stereocenters. The largest absolute Gasteiger partial charge is 0.334 e. The highest BCUT2D eigenvalue weighted by atomic mass is 16.2. The first-order valence-corrected chi connectivity index (χ1v) is 6.12. The molecule has 1 aromatic carbocycles. The average molecular weight is 234 g/mol. The third-order valence-corrected chi connectivity index (χ3v) is 2.91. The Labute approximate surface area is 104 Å². The van der Waals surface area contributed by atoms with E-state index in [1.54, 1.807) is 11.9 Å². The van der Waals surface area contributed by atoms with Crippen LogP contribution in [0.5, 0.6) is 0 Å². The van der Waals surface area contributed by atoms with Gasteiger partial charge in [0.05, 0.1) is 0 Å². The Balaban J connectivity index is 2.50. The highest BCUT2D eigenvalue weighted by molar-refractivity contribution is 5.73. The van der Waals surface area contributed by atoms with Crippen molar-refractivity contribution in [2.45, 2.75) is 33.2 Å². The van der Waals surface area contributed by atoms with E-state index in [-0.39, 0.29) is 6.03 Å². The summed E-state index contributed by atoms with van der Waals surface area (Å²) in [6.07, 6.45) is 0. The third kappa shape index (κ3) is 4.10. The molecule has 2 amide bonds. The number of hydrogen-bond acceptors (Lipinski definition) is 1. The Morgan fingerprint density at radius 2 is 1.88 bits per heavy atom. The van der Waals surface area contributed by atoms with Crippen molar-refractivity contribution in [3.8, 4) is 0 Å². The van der Waals surface area contributed by atoms with E-state index in [2.05, 4.69) is 43.4 Å². The molecule has 1 N–H and O–H groups in total. The second-order valence-electron chi connectivity index (χ2n) is 4.57. The summed E-state index contributed by atoms with van der Waals surface area (Å²) < 4.78 is 0. The van der Waals surface area contributed by atoms with Crippen LogP contribution in [0.1, 0.15) is 37.8 Å². The van der Waals surface area contributed by atoms with E-state index in [0.717, 1.165) is 12.1 Å². The molecule has 0 saturated heterocycles. The second-order valence-corrected chi connectivity index (χ2v) is 4.57. The van der Waals surface area contributed by atoms with Crippen LogP contribution >= 0.6 is 0 Å². The number of urea groups is 1. The van der Waals surface area contributed by atoms with Crippen LogP contribution in [0.15, 0.2) is 24.3 Å². The highest BCUT2D eigenvalue weighted by Gasteiger charge is 2.05. The van der Waals surface area contributed by atoms with Crippen molar-refractivity contribution in [1.29, 1.82) is 0 Å². The van der Waals surface area contributed by atoms with Crippen molar-refractivity contribution in [1.82, 2.24) is 10.2 Å². The summed E-state index contributed by atoms with van der Waals surface area (Å²) >= 11 is 0. The van der Waals surface area contributed by atoms with E-state index in [0.29, 0.717) is 12.5 Å². The lowest BCUT2D eigenvalue weighted by Crippen LogP contribution is -2.36. The molecule has 0 spiro atoms. The van der Waals surface area contributed by atoms with Crippen molar-refractivity contribution in [3.63, 3.8) is 0 Å². The van der Waals surface area contributed by atoms with Gasteiger partial charge in [-0.2, -0.15) is 0 Å². The first kappa shape index (κ1) is 13.6. The average Bonchev–Trinajstić information content (AvgIpc) is 2.35. The predicted octanol–water partition coefficient (Wildman–Crippen LogP) is 2.97. The van der Waals surface area contributed by atoms with Gasteiger partial charge in [0.25, 0.3) is 0 Å². The molecule has 0 saturated carbocycles. The minimum Gasteiger partial charge on any atom is -0.334 e. The van der Waals surface area contributed by atoms with Crippen LogP contribution in [0.3, 0.4) is 0 Å². The number of rotatable bonds is 4. The van der Waals surface area contributed by atoms with Crippen molar-refractivity contribution in [3.05, 3.63) is 35.4 Å². The molecule has 0 fully saturated rings. The van der Waals surface area contributed by atoms with Gasteiger partial charge < -0.3 is 10.2 Å². The van der Waals surface area contributed by atoms with E-state index in [4.69, 9.17) is 0 Å². The minimum absolute atomic E-state index is 0.0274. The fraction of sp³-hybridized carbons (Fsp3) is 0.500. The number of amides is 2. The lowest BCUT2D eigenvalue weighted by atomic mass is 10.0. The summed E-state index contributed by atoms with van der Waals surface area (Å²) in [5, 5.41) is 2.89. The second kappa shape index (κ2) is 6.28. The maximum atomic E-state index is 11.5. The molecule has 0 aliphatic rings. The summed E-state index contributed by atoms with van der Waals surface area (Å²) in [6.45, 7) is 7.61. The van der Waals surface area contributed by atoms with E-state index in [9.17, 15) is 4.79 Å². The van der Waals surface area contributed by atoms with Gasteiger partial charge in [0.15, 0.2) is 0 Å². The van der Waals surface area contributed by atoms with Crippen LogP contribution < -0.4 is 5.32 Å². The molecule has 3 heteroatoms. The molecule has 0 bridgehead atoms. The van der Waals surface area contributed by atoms with Crippen LogP contribution in [0, 0.1) is 0 Å². The molecule has 17 heavy (non-hydrogen) atoms. The van der Waals surface area contributed by atoms with Crippen molar-refractivity contribution in [2.75, 3.05) is 13.6 Å². The summed E-state index contributed by atoms with van der Waals surface area (Å²) in [4.78, 5) is 13.2. The molecule has 94 valence electrons. The topological polar surface area (TPSA) is 32.3 Å². The zero-order valence-corrected chi connectivity index (χ0v) is 11.2. The number of carbonyl (C=O) groups is 1. The van der Waals surface area contributed by atoms with Crippen molar-refractivity contribution < 1.29 is 4.79 Å². The van der Waals surface area contributed by atoms with E-state index >= 15 is 0 Å². The first-order chi connectivity index (χ1) is 8.04. The minimum atomic E-state index is -0.0274. The zero-order chi connectivity index (χ0) is 12.8. The normalized spacial score (nSPS) is 10.4. The lowest BCUT2D eigenvalue weighted by Gasteiger charge is -2.15. The molecule has 0 aliphatic heterocycles. The third-order valence-electron chi connectivity index (χ3n) is 2.91. The fourth-order valence-electron chi connectivity index (χ4n) is 1.48. The number of hydrogen-bond donors (Lipinski definition) is 1. The molecule has 0 atom stereocenters. The van der Waals surface area contributed by atoms with Crippen LogP contribution in [0.25, 0.3) is 0 Å². The van der Waals surface area contributed by atoms with Crippen LogP contribution in [0.2, 0.25) is 0 Å². The molecule has 1 rings (SSSR count). The quantitative estimate of drug-likeness (QED) is 0.853. The molecule has 3 nitrogen and oxygen atoms in total. The molecule has 1 aromatic rings. The van der Waals surface area contributed by atoms with Gasteiger partial charge in [-0.15, -0.1) is 0 Å². The molecule has 0 aromatic heterocycles. The van der Waals surface area contributed by atoms with E-state index in [1.165, 1.54) is 5.56 Å². The summed E-state index contributed by atoms with van der Waals surface area (Å²) in [7, 11) is 1.79. The number of nitrogens with one attached hydrogen (secondary N) is 1. The molecule has 0 aliphatic carbocycles. The lowest BCUT2D eigenvalue weighted by molar-refractivity contribution is 0.210. The molecular formula is C14H22N2O. The number of carbonyl (C=O) groups excluding carboxylic acids is 1. The van der Waals surface area contributed by atoms with Crippen molar-refractivity contribution in [2.24, 2.45) is 0 Å². The monoisotopic (exact) mass is 234 g/mol. The van der Waals surface area contributed by atoms with Gasteiger partial charge in [-0.25, -0.2) is 4.79 Å². The molecule has 0 heterocycles. The predicted molar refractivity (Wildman–Crippen MR) is 71.1 cm³/mol. The standard InChI is InChI=1S/C14H22N2O/c1-5-16(4)14(17)15-10-12-6-8-13(9-7-12)11(2)3/h6-9,11H,5,10H2,1-4H3,(H,15,17). The summed E-state index contributed by atoms with van der Waals surface area (Å²) in [6, 6.07) is 8.36. The first-order valence-electron chi connectivity index (χ1n) is 6.12. The fourth-order valence-corrected chi connectivity index (χ4v) is 1.48. The molecule has 0 radical (unpaired) electrons. The molecular weight excluding hydrogens is 212 g/mol. The Morgan fingerprint density at radius 1 is 1.29 bits per heavy atom. The number of nitrogens with zero attached hydrogens (tertiary/aromatic N) is 1. The Morgan fingerprint density at radius 3 is 2.35 bits per heavy atom. The maximum absolute atomic E-state index is 11.5. The van der Waals surface area contributed by atoms with Gasteiger partial charge in [0.1, 0.15) is 0 Å². The van der Waals surface area contributed by atoms with Crippen molar-refractivity contribution >= 4 is 6.03 Å². The van der Waals surface area contributed by atoms with Gasteiger partial charge in [-0.05, 0) is 24.0 Å². The van der Waals surface area contributed by atoms with E-state index < -0.39 is 0 Å². The van der Waals surface area contributed by atoms with Gasteiger partial charge in [0.2, 0.25) is 0 Å². The Bertz CT molecular complexity index is 357. The highest BCUT2D eigenvalue weighted by Crippen LogP contribution is 2.14. The Hall–Kier alpha value is -1.51. The summed E-state index contributed by atoms with van der Waals surface area (Å²) in [5.41, 5.74) is 2.46. The number of benzene rings is 1. The SMILES string of the molecule is CCN(C)C(=O)NCc1ccc(C(C)C)cc1. The smallest absolute Gasteiger partial charge is 0.317 e. The van der Waals surface area contributed by atoms with Gasteiger partial charge in [-0.3, -0.25) is 0 Å². The van der Waals surface area contributed by atoms with Gasteiger partial charge >= 0.3 is 6.03 Å². The maximum Gasteiger partial charge on any atom is 0.317 e. The van der Waals surface area contributed by atoms with Crippen LogP contribution in [0.4, 0.5) is 4.79 Å². The Kier molecular flexibility index (Phi) is 5.01. The van der Waals surface area contributed by atoms with Gasteiger partial charge in [0, 0.05) is 20.1 Å². The van der Waals surface area contributed by atoms with Gasteiger partial charge in [-0.1, -0.05) is 38.1 Å². The van der Waals surface area contributed by atoms with Crippen LogP contribution in [-0.4, -0.2) is 24.5 Å².